The van der Waals surface area contributed by atoms with Crippen LogP contribution >= 0.6 is 0 Å². The predicted octanol–water partition coefficient (Wildman–Crippen LogP) is 2.48. The highest BCUT2D eigenvalue weighted by Gasteiger charge is 2.12. The van der Waals surface area contributed by atoms with E-state index in [1.54, 1.807) is 7.05 Å². The normalized spacial score (nSPS) is 10.7. The molecule has 0 fully saturated rings. The number of nitrogen functional groups attached to an aromatic ring is 1. The Bertz CT molecular complexity index is 379. The highest BCUT2D eigenvalue weighted by atomic mass is 16.5. The summed E-state index contributed by atoms with van der Waals surface area (Å²) in [7, 11) is 1.80. The fourth-order valence-electron chi connectivity index (χ4n) is 1.56. The van der Waals surface area contributed by atoms with E-state index in [0.29, 0.717) is 29.9 Å². The van der Waals surface area contributed by atoms with Gasteiger partial charge >= 0.3 is 0 Å². The van der Waals surface area contributed by atoms with Gasteiger partial charge in [0.1, 0.15) is 11.5 Å². The highest BCUT2D eigenvalue weighted by molar-refractivity contribution is 5.66. The molecule has 0 aliphatic heterocycles. The van der Waals surface area contributed by atoms with Crippen molar-refractivity contribution in [1.29, 1.82) is 0 Å². The van der Waals surface area contributed by atoms with Gasteiger partial charge in [-0.25, -0.2) is 4.98 Å². The number of nitrogens with one attached hydrogen (secondary N) is 1. The summed E-state index contributed by atoms with van der Waals surface area (Å²) in [5.74, 6) is 2.42. The van der Waals surface area contributed by atoms with Crippen LogP contribution in [0.3, 0.4) is 0 Å². The number of nitrogens with two attached hydrogens (primary N) is 1. The van der Waals surface area contributed by atoms with Crippen LogP contribution in [0.2, 0.25) is 0 Å². The minimum atomic E-state index is 0.487. The summed E-state index contributed by atoms with van der Waals surface area (Å²) in [6.07, 6.45) is 2.90. The molecule has 0 amide bonds. The van der Waals surface area contributed by atoms with Crippen LogP contribution in [-0.4, -0.2) is 23.6 Å². The zero-order valence-corrected chi connectivity index (χ0v) is 11.8. The quantitative estimate of drug-likeness (QED) is 0.729. The van der Waals surface area contributed by atoms with Gasteiger partial charge in [-0.15, -0.1) is 0 Å². The van der Waals surface area contributed by atoms with Gasteiger partial charge in [0.2, 0.25) is 5.88 Å². The van der Waals surface area contributed by atoms with Gasteiger partial charge in [-0.3, -0.25) is 0 Å². The third-order valence-electron chi connectivity index (χ3n) is 2.52. The van der Waals surface area contributed by atoms with Gasteiger partial charge in [0.25, 0.3) is 0 Å². The van der Waals surface area contributed by atoms with Crippen molar-refractivity contribution < 1.29 is 4.74 Å². The van der Waals surface area contributed by atoms with Crippen LogP contribution in [-0.2, 0) is 6.42 Å². The van der Waals surface area contributed by atoms with Gasteiger partial charge in [-0.1, -0.05) is 27.2 Å². The lowest BCUT2D eigenvalue weighted by Crippen LogP contribution is -2.10. The maximum atomic E-state index is 5.96. The lowest BCUT2D eigenvalue weighted by molar-refractivity contribution is 0.298. The average molecular weight is 252 g/mol. The number of nitrogens with zero attached hydrogens (tertiary/aromatic N) is 2. The van der Waals surface area contributed by atoms with Crippen LogP contribution in [0.15, 0.2) is 0 Å². The minimum Gasteiger partial charge on any atom is -0.476 e. The van der Waals surface area contributed by atoms with E-state index < -0.39 is 0 Å². The Morgan fingerprint density at radius 2 is 2.06 bits per heavy atom. The van der Waals surface area contributed by atoms with E-state index in [0.717, 1.165) is 25.1 Å². The predicted molar refractivity (Wildman–Crippen MR) is 74.9 cm³/mol. The molecule has 0 radical (unpaired) electrons. The first-order valence-electron chi connectivity index (χ1n) is 6.55. The minimum absolute atomic E-state index is 0.487. The molecule has 0 aliphatic carbocycles. The van der Waals surface area contributed by atoms with Crippen molar-refractivity contribution >= 4 is 11.5 Å². The molecular formula is C13H24N4O. The molecule has 0 atom stereocenters. The molecule has 1 rings (SSSR count). The average Bonchev–Trinajstić information content (AvgIpc) is 2.32. The summed E-state index contributed by atoms with van der Waals surface area (Å²) >= 11 is 0. The largest absolute Gasteiger partial charge is 0.476 e. The molecule has 0 bridgehead atoms. The van der Waals surface area contributed by atoms with Crippen molar-refractivity contribution in [2.75, 3.05) is 24.7 Å². The maximum Gasteiger partial charge on any atom is 0.242 e. The SMILES string of the molecule is CCCCOc1nc(CC(C)C)nc(NC)c1N. The van der Waals surface area contributed by atoms with E-state index in [2.05, 4.69) is 36.1 Å². The smallest absolute Gasteiger partial charge is 0.242 e. The molecule has 0 unspecified atom stereocenters. The monoisotopic (exact) mass is 252 g/mol. The van der Waals surface area contributed by atoms with Crippen molar-refractivity contribution in [3.63, 3.8) is 0 Å². The molecule has 1 aromatic rings. The number of anilines is 2. The van der Waals surface area contributed by atoms with Gasteiger partial charge in [-0.05, 0) is 12.3 Å². The van der Waals surface area contributed by atoms with Gasteiger partial charge in [0.05, 0.1) is 6.61 Å². The molecule has 18 heavy (non-hydrogen) atoms. The van der Waals surface area contributed by atoms with E-state index >= 15 is 0 Å². The van der Waals surface area contributed by atoms with Gasteiger partial charge in [0.15, 0.2) is 5.82 Å². The molecule has 3 N–H and O–H groups in total. The van der Waals surface area contributed by atoms with Crippen LogP contribution < -0.4 is 15.8 Å². The zero-order valence-electron chi connectivity index (χ0n) is 11.8. The van der Waals surface area contributed by atoms with E-state index in [4.69, 9.17) is 10.5 Å². The van der Waals surface area contributed by atoms with E-state index in [-0.39, 0.29) is 0 Å². The highest BCUT2D eigenvalue weighted by Crippen LogP contribution is 2.26. The topological polar surface area (TPSA) is 73.1 Å². The molecule has 0 aliphatic rings. The summed E-state index contributed by atoms with van der Waals surface area (Å²) in [6.45, 7) is 7.03. The first kappa shape index (κ1) is 14.5. The first-order chi connectivity index (χ1) is 8.58. The van der Waals surface area contributed by atoms with Crippen LogP contribution in [0.25, 0.3) is 0 Å². The molecule has 0 saturated heterocycles. The molecule has 0 spiro atoms. The van der Waals surface area contributed by atoms with E-state index in [9.17, 15) is 0 Å². The van der Waals surface area contributed by atoms with Crippen LogP contribution in [0.5, 0.6) is 5.88 Å². The molecule has 1 heterocycles. The summed E-state index contributed by atoms with van der Waals surface area (Å²) in [5.41, 5.74) is 6.45. The third kappa shape index (κ3) is 4.05. The number of rotatable bonds is 7. The standard InChI is InChI=1S/C13H24N4O/c1-5-6-7-18-13-11(14)12(15-4)16-10(17-13)8-9(2)3/h9H,5-8,14H2,1-4H3,(H,15,16,17). The Hall–Kier alpha value is -1.52. The zero-order chi connectivity index (χ0) is 13.5. The lowest BCUT2D eigenvalue weighted by atomic mass is 10.1. The first-order valence-corrected chi connectivity index (χ1v) is 6.55. The van der Waals surface area contributed by atoms with Crippen LogP contribution in [0.4, 0.5) is 11.5 Å². The fraction of sp³-hybridized carbons (Fsp3) is 0.692. The van der Waals surface area contributed by atoms with Crippen LogP contribution in [0, 0.1) is 5.92 Å². The molecular weight excluding hydrogens is 228 g/mol. The van der Waals surface area contributed by atoms with E-state index in [1.807, 2.05) is 0 Å². The van der Waals surface area contributed by atoms with Crippen molar-refractivity contribution in [3.8, 4) is 5.88 Å². The number of aromatic nitrogens is 2. The summed E-state index contributed by atoms with van der Waals surface area (Å²) < 4.78 is 5.63. The van der Waals surface area contributed by atoms with E-state index in [1.165, 1.54) is 0 Å². The second kappa shape index (κ2) is 7.03. The van der Waals surface area contributed by atoms with Crippen LogP contribution in [0.1, 0.15) is 39.4 Å². The molecule has 0 aromatic carbocycles. The molecule has 5 heteroatoms. The lowest BCUT2D eigenvalue weighted by Gasteiger charge is -2.13. The number of unbranched alkanes of at least 4 members (excludes halogenated alkanes) is 1. The van der Waals surface area contributed by atoms with Gasteiger partial charge < -0.3 is 15.8 Å². The summed E-state index contributed by atoms with van der Waals surface area (Å²) in [4.78, 5) is 8.79. The van der Waals surface area contributed by atoms with Crippen molar-refractivity contribution in [2.45, 2.75) is 40.0 Å². The Morgan fingerprint density at radius 1 is 1.33 bits per heavy atom. The second-order valence-electron chi connectivity index (χ2n) is 4.76. The Labute approximate surface area is 109 Å². The second-order valence-corrected chi connectivity index (χ2v) is 4.76. The maximum absolute atomic E-state index is 5.96. The summed E-state index contributed by atoms with van der Waals surface area (Å²) in [5, 5.41) is 2.98. The molecule has 5 nitrogen and oxygen atoms in total. The fourth-order valence-corrected chi connectivity index (χ4v) is 1.56. The number of hydrogen-bond acceptors (Lipinski definition) is 5. The number of ether oxygens (including phenoxy) is 1. The van der Waals surface area contributed by atoms with Crippen molar-refractivity contribution in [3.05, 3.63) is 5.82 Å². The van der Waals surface area contributed by atoms with Gasteiger partial charge in [0, 0.05) is 13.5 Å². The molecule has 102 valence electrons. The van der Waals surface area contributed by atoms with Crippen molar-refractivity contribution in [1.82, 2.24) is 9.97 Å². The van der Waals surface area contributed by atoms with Gasteiger partial charge in [-0.2, -0.15) is 4.98 Å². The Balaban J connectivity index is 2.91. The van der Waals surface area contributed by atoms with Crippen molar-refractivity contribution in [2.24, 2.45) is 5.92 Å². The third-order valence-corrected chi connectivity index (χ3v) is 2.52. The summed E-state index contributed by atoms with van der Waals surface area (Å²) in [6, 6.07) is 0. The Morgan fingerprint density at radius 3 is 2.61 bits per heavy atom. The number of hydrogen-bond donors (Lipinski definition) is 2. The Kier molecular flexibility index (Phi) is 5.68. The molecule has 0 saturated carbocycles. The molecule has 1 aromatic heterocycles.